The SMILES string of the molecule is CCOc1cc(-n2nc3ccccc3n2)c(O)c(C(C)(C)C)c1. The highest BCUT2D eigenvalue weighted by Crippen LogP contribution is 2.38. The van der Waals surface area contributed by atoms with Gasteiger partial charge in [-0.3, -0.25) is 0 Å². The Morgan fingerprint density at radius 3 is 2.22 bits per heavy atom. The molecule has 0 fully saturated rings. The lowest BCUT2D eigenvalue weighted by Gasteiger charge is -2.22. The molecule has 3 aromatic rings. The molecule has 0 spiro atoms. The van der Waals surface area contributed by atoms with Gasteiger partial charge >= 0.3 is 0 Å². The summed E-state index contributed by atoms with van der Waals surface area (Å²) < 4.78 is 5.65. The van der Waals surface area contributed by atoms with Gasteiger partial charge in [-0.2, -0.15) is 0 Å². The van der Waals surface area contributed by atoms with Crippen molar-refractivity contribution >= 4 is 11.0 Å². The smallest absolute Gasteiger partial charge is 0.147 e. The predicted octanol–water partition coefficient (Wildman–Crippen LogP) is 3.82. The first-order valence-corrected chi connectivity index (χ1v) is 7.73. The van der Waals surface area contributed by atoms with Crippen LogP contribution < -0.4 is 4.74 Å². The summed E-state index contributed by atoms with van der Waals surface area (Å²) in [7, 11) is 0. The molecular formula is C18H21N3O2. The van der Waals surface area contributed by atoms with E-state index in [0.29, 0.717) is 18.0 Å². The van der Waals surface area contributed by atoms with Crippen molar-refractivity contribution in [3.8, 4) is 17.2 Å². The first kappa shape index (κ1) is 15.3. The maximum absolute atomic E-state index is 10.7. The molecule has 3 rings (SSSR count). The number of phenolic OH excluding ortho intramolecular Hbond substituents is 1. The average Bonchev–Trinajstić information content (AvgIpc) is 2.91. The van der Waals surface area contributed by atoms with Crippen LogP contribution in [0.5, 0.6) is 11.5 Å². The van der Waals surface area contributed by atoms with Gasteiger partial charge in [-0.25, -0.2) is 0 Å². The maximum Gasteiger partial charge on any atom is 0.147 e. The van der Waals surface area contributed by atoms with Crippen molar-refractivity contribution < 1.29 is 9.84 Å². The zero-order valence-electron chi connectivity index (χ0n) is 13.9. The van der Waals surface area contributed by atoms with E-state index >= 15 is 0 Å². The quantitative estimate of drug-likeness (QED) is 0.798. The van der Waals surface area contributed by atoms with E-state index in [4.69, 9.17) is 4.74 Å². The fourth-order valence-electron chi connectivity index (χ4n) is 2.54. The van der Waals surface area contributed by atoms with Gasteiger partial charge < -0.3 is 9.84 Å². The molecule has 0 aliphatic heterocycles. The summed E-state index contributed by atoms with van der Waals surface area (Å²) in [4.78, 5) is 1.47. The summed E-state index contributed by atoms with van der Waals surface area (Å²) in [5.74, 6) is 0.882. The van der Waals surface area contributed by atoms with E-state index in [2.05, 4.69) is 31.0 Å². The van der Waals surface area contributed by atoms with Gasteiger partial charge in [0.05, 0.1) is 6.61 Å². The van der Waals surface area contributed by atoms with Gasteiger partial charge in [-0.05, 0) is 30.5 Å². The lowest BCUT2D eigenvalue weighted by Crippen LogP contribution is -2.13. The summed E-state index contributed by atoms with van der Waals surface area (Å²) >= 11 is 0. The summed E-state index contributed by atoms with van der Waals surface area (Å²) in [6.07, 6.45) is 0. The average molecular weight is 311 g/mol. The molecule has 1 aromatic heterocycles. The van der Waals surface area contributed by atoms with Crippen molar-refractivity contribution in [2.75, 3.05) is 6.61 Å². The van der Waals surface area contributed by atoms with E-state index in [1.807, 2.05) is 37.3 Å². The fourth-order valence-corrected chi connectivity index (χ4v) is 2.54. The van der Waals surface area contributed by atoms with E-state index < -0.39 is 0 Å². The number of aromatic nitrogens is 3. The first-order chi connectivity index (χ1) is 10.9. The van der Waals surface area contributed by atoms with Crippen LogP contribution in [-0.2, 0) is 5.41 Å². The molecule has 120 valence electrons. The lowest BCUT2D eigenvalue weighted by atomic mass is 9.86. The molecule has 1 N–H and O–H groups in total. The molecule has 2 aromatic carbocycles. The fraction of sp³-hybridized carbons (Fsp3) is 0.333. The van der Waals surface area contributed by atoms with E-state index in [1.54, 1.807) is 6.07 Å². The molecule has 23 heavy (non-hydrogen) atoms. The first-order valence-electron chi connectivity index (χ1n) is 7.73. The third kappa shape index (κ3) is 2.86. The lowest BCUT2D eigenvalue weighted by molar-refractivity contribution is 0.337. The highest BCUT2D eigenvalue weighted by Gasteiger charge is 2.23. The molecule has 1 heterocycles. The van der Waals surface area contributed by atoms with Crippen LogP contribution in [-0.4, -0.2) is 26.7 Å². The van der Waals surface area contributed by atoms with Crippen molar-refractivity contribution in [1.82, 2.24) is 15.0 Å². The minimum Gasteiger partial charge on any atom is -0.505 e. The molecule has 5 nitrogen and oxygen atoms in total. The van der Waals surface area contributed by atoms with Crippen LogP contribution in [0.1, 0.15) is 33.3 Å². The minimum atomic E-state index is -0.224. The molecule has 0 aliphatic rings. The van der Waals surface area contributed by atoms with Crippen LogP contribution in [0, 0.1) is 0 Å². The number of benzene rings is 2. The summed E-state index contributed by atoms with van der Waals surface area (Å²) in [5.41, 5.74) is 2.67. The number of aromatic hydroxyl groups is 1. The van der Waals surface area contributed by atoms with Gasteiger partial charge in [0.1, 0.15) is 28.2 Å². The Labute approximate surface area is 135 Å². The highest BCUT2D eigenvalue weighted by atomic mass is 16.5. The number of phenols is 1. The summed E-state index contributed by atoms with van der Waals surface area (Å²) in [6.45, 7) is 8.64. The normalized spacial score (nSPS) is 11.8. The Morgan fingerprint density at radius 2 is 1.70 bits per heavy atom. The van der Waals surface area contributed by atoms with Crippen molar-refractivity contribution in [1.29, 1.82) is 0 Å². The van der Waals surface area contributed by atoms with E-state index in [0.717, 1.165) is 16.6 Å². The second-order valence-corrected chi connectivity index (χ2v) is 6.50. The van der Waals surface area contributed by atoms with Gasteiger partial charge in [0, 0.05) is 11.6 Å². The molecular weight excluding hydrogens is 290 g/mol. The number of ether oxygens (including phenoxy) is 1. The standard InChI is InChI=1S/C18H21N3O2/c1-5-23-12-10-13(18(2,3)4)17(22)16(11-12)21-19-14-8-6-7-9-15(14)20-21/h6-11,22H,5H2,1-4H3. The Balaban J connectivity index is 2.22. The monoisotopic (exact) mass is 311 g/mol. The van der Waals surface area contributed by atoms with Crippen molar-refractivity contribution in [2.45, 2.75) is 33.1 Å². The topological polar surface area (TPSA) is 60.2 Å². The summed E-state index contributed by atoms with van der Waals surface area (Å²) in [6, 6.07) is 11.3. The maximum atomic E-state index is 10.7. The van der Waals surface area contributed by atoms with E-state index in [-0.39, 0.29) is 11.2 Å². The molecule has 0 bridgehead atoms. The third-order valence-electron chi connectivity index (χ3n) is 3.68. The van der Waals surface area contributed by atoms with Gasteiger partial charge in [0.25, 0.3) is 0 Å². The predicted molar refractivity (Wildman–Crippen MR) is 90.4 cm³/mol. The van der Waals surface area contributed by atoms with Crippen molar-refractivity contribution in [2.24, 2.45) is 0 Å². The van der Waals surface area contributed by atoms with Crippen LogP contribution >= 0.6 is 0 Å². The molecule has 0 aliphatic carbocycles. The highest BCUT2D eigenvalue weighted by molar-refractivity contribution is 5.74. The van der Waals surface area contributed by atoms with Crippen LogP contribution in [0.25, 0.3) is 16.7 Å². The van der Waals surface area contributed by atoms with Gasteiger partial charge in [0.2, 0.25) is 0 Å². The molecule has 0 saturated carbocycles. The summed E-state index contributed by atoms with van der Waals surface area (Å²) in [5, 5.41) is 19.7. The van der Waals surface area contributed by atoms with Gasteiger partial charge in [-0.15, -0.1) is 15.0 Å². The molecule has 0 radical (unpaired) electrons. The number of fused-ring (bicyclic) bond motifs is 1. The number of hydrogen-bond donors (Lipinski definition) is 1. The molecule has 0 atom stereocenters. The van der Waals surface area contributed by atoms with Crippen molar-refractivity contribution in [3.63, 3.8) is 0 Å². The molecule has 0 unspecified atom stereocenters. The van der Waals surface area contributed by atoms with Gasteiger partial charge in [-0.1, -0.05) is 32.9 Å². The van der Waals surface area contributed by atoms with Crippen LogP contribution in [0.4, 0.5) is 0 Å². The second kappa shape index (κ2) is 5.57. The largest absolute Gasteiger partial charge is 0.505 e. The Bertz CT molecular complexity index is 814. The number of rotatable bonds is 3. The number of hydrogen-bond acceptors (Lipinski definition) is 4. The van der Waals surface area contributed by atoms with E-state index in [9.17, 15) is 5.11 Å². The number of nitrogens with zero attached hydrogens (tertiary/aromatic N) is 3. The van der Waals surface area contributed by atoms with Crippen LogP contribution in [0.15, 0.2) is 36.4 Å². The molecule has 0 saturated heterocycles. The Hall–Kier alpha value is -2.56. The molecule has 0 amide bonds. The second-order valence-electron chi connectivity index (χ2n) is 6.50. The van der Waals surface area contributed by atoms with Crippen LogP contribution in [0.2, 0.25) is 0 Å². The van der Waals surface area contributed by atoms with Crippen molar-refractivity contribution in [3.05, 3.63) is 42.0 Å². The van der Waals surface area contributed by atoms with Gasteiger partial charge in [0.15, 0.2) is 0 Å². The van der Waals surface area contributed by atoms with Crippen LogP contribution in [0.3, 0.4) is 0 Å². The Kier molecular flexibility index (Phi) is 3.72. The third-order valence-corrected chi connectivity index (χ3v) is 3.68. The minimum absolute atomic E-state index is 0.182. The molecule has 5 heteroatoms. The Morgan fingerprint density at radius 1 is 1.09 bits per heavy atom. The van der Waals surface area contributed by atoms with E-state index in [1.165, 1.54) is 4.80 Å². The zero-order chi connectivity index (χ0) is 16.6. The zero-order valence-corrected chi connectivity index (χ0v) is 13.9.